The first kappa shape index (κ1) is 14.6. The van der Waals surface area contributed by atoms with Gasteiger partial charge in [0.25, 0.3) is 0 Å². The molecule has 2 N–H and O–H groups in total. The van der Waals surface area contributed by atoms with Crippen molar-refractivity contribution in [3.8, 4) is 11.1 Å². The lowest BCUT2D eigenvalue weighted by Crippen LogP contribution is -1.99. The molecule has 0 radical (unpaired) electrons. The smallest absolute Gasteiger partial charge is 0.336 e. The maximum absolute atomic E-state index is 11.2. The van der Waals surface area contributed by atoms with Crippen molar-refractivity contribution in [3.63, 3.8) is 0 Å². The summed E-state index contributed by atoms with van der Waals surface area (Å²) in [6.07, 6.45) is 0. The third kappa shape index (κ3) is 3.62. The number of carbonyl (C=O) groups is 1. The molecule has 0 aliphatic heterocycles. The van der Waals surface area contributed by atoms with Crippen LogP contribution in [-0.4, -0.2) is 28.5 Å². The number of thioether (sulfide) groups is 1. The Morgan fingerprint density at radius 3 is 2.40 bits per heavy atom. The number of aromatic carboxylic acids is 1. The Balaban J connectivity index is 2.20. The van der Waals surface area contributed by atoms with Crippen LogP contribution >= 0.6 is 11.8 Å². The molecule has 2 aromatic carbocycles. The number of aliphatic hydroxyl groups is 1. The van der Waals surface area contributed by atoms with Crippen LogP contribution in [0.5, 0.6) is 0 Å². The number of aliphatic hydroxyl groups excluding tert-OH is 1. The highest BCUT2D eigenvalue weighted by molar-refractivity contribution is 7.98. The monoisotopic (exact) mass is 288 g/mol. The van der Waals surface area contributed by atoms with Crippen LogP contribution in [0.1, 0.15) is 15.9 Å². The SMILES string of the molecule is O=C(O)c1ccccc1-c1ccc(CSCCO)cc1. The van der Waals surface area contributed by atoms with E-state index in [0.717, 1.165) is 22.6 Å². The Hall–Kier alpha value is -1.78. The zero-order chi connectivity index (χ0) is 14.4. The average molecular weight is 288 g/mol. The molecule has 104 valence electrons. The Morgan fingerprint density at radius 1 is 1.05 bits per heavy atom. The zero-order valence-corrected chi connectivity index (χ0v) is 11.8. The molecule has 0 saturated heterocycles. The fourth-order valence-corrected chi connectivity index (χ4v) is 2.66. The van der Waals surface area contributed by atoms with Crippen molar-refractivity contribution in [2.24, 2.45) is 0 Å². The first-order valence-electron chi connectivity index (χ1n) is 6.32. The van der Waals surface area contributed by atoms with Gasteiger partial charge in [0.1, 0.15) is 0 Å². The summed E-state index contributed by atoms with van der Waals surface area (Å²) in [5, 5.41) is 17.9. The molecule has 20 heavy (non-hydrogen) atoms. The fraction of sp³-hybridized carbons (Fsp3) is 0.188. The van der Waals surface area contributed by atoms with E-state index in [4.69, 9.17) is 5.11 Å². The topological polar surface area (TPSA) is 57.5 Å². The molecule has 0 amide bonds. The van der Waals surface area contributed by atoms with E-state index in [9.17, 15) is 9.90 Å². The summed E-state index contributed by atoms with van der Waals surface area (Å²) >= 11 is 1.67. The van der Waals surface area contributed by atoms with E-state index in [1.807, 2.05) is 36.4 Å². The Morgan fingerprint density at radius 2 is 1.75 bits per heavy atom. The number of benzene rings is 2. The van der Waals surface area contributed by atoms with Gasteiger partial charge in [-0.15, -0.1) is 0 Å². The first-order valence-corrected chi connectivity index (χ1v) is 7.48. The van der Waals surface area contributed by atoms with Gasteiger partial charge in [-0.1, -0.05) is 42.5 Å². The van der Waals surface area contributed by atoms with Gasteiger partial charge in [-0.05, 0) is 22.8 Å². The predicted octanol–water partition coefficient (Wildman–Crippen LogP) is 3.28. The number of rotatable bonds is 6. The molecule has 0 aliphatic carbocycles. The van der Waals surface area contributed by atoms with Crippen LogP contribution in [0.4, 0.5) is 0 Å². The van der Waals surface area contributed by atoms with Gasteiger partial charge in [-0.25, -0.2) is 4.79 Å². The predicted molar refractivity (Wildman–Crippen MR) is 82.1 cm³/mol. The molecule has 0 bridgehead atoms. The van der Waals surface area contributed by atoms with Crippen LogP contribution in [0, 0.1) is 0 Å². The van der Waals surface area contributed by atoms with E-state index in [1.165, 1.54) is 5.56 Å². The number of hydrogen-bond acceptors (Lipinski definition) is 3. The normalized spacial score (nSPS) is 10.4. The second-order valence-corrected chi connectivity index (χ2v) is 5.43. The third-order valence-corrected chi connectivity index (χ3v) is 3.94. The minimum atomic E-state index is -0.914. The van der Waals surface area contributed by atoms with E-state index in [0.29, 0.717) is 5.56 Å². The van der Waals surface area contributed by atoms with Crippen molar-refractivity contribution in [1.29, 1.82) is 0 Å². The molecule has 4 heteroatoms. The van der Waals surface area contributed by atoms with Crippen LogP contribution < -0.4 is 0 Å². The molecular weight excluding hydrogens is 272 g/mol. The molecule has 0 heterocycles. The molecule has 2 rings (SSSR count). The van der Waals surface area contributed by atoms with Crippen LogP contribution in [0.25, 0.3) is 11.1 Å². The van der Waals surface area contributed by atoms with Crippen molar-refractivity contribution in [3.05, 3.63) is 59.7 Å². The zero-order valence-electron chi connectivity index (χ0n) is 11.0. The van der Waals surface area contributed by atoms with E-state index in [2.05, 4.69) is 0 Å². The van der Waals surface area contributed by atoms with Gasteiger partial charge < -0.3 is 10.2 Å². The van der Waals surface area contributed by atoms with Crippen molar-refractivity contribution in [2.75, 3.05) is 12.4 Å². The van der Waals surface area contributed by atoms with Crippen molar-refractivity contribution in [2.45, 2.75) is 5.75 Å². The van der Waals surface area contributed by atoms with Gasteiger partial charge in [0.2, 0.25) is 0 Å². The van der Waals surface area contributed by atoms with Gasteiger partial charge in [0, 0.05) is 11.5 Å². The summed E-state index contributed by atoms with van der Waals surface area (Å²) in [6, 6.07) is 14.9. The van der Waals surface area contributed by atoms with Gasteiger partial charge >= 0.3 is 5.97 Å². The van der Waals surface area contributed by atoms with Gasteiger partial charge in [-0.3, -0.25) is 0 Å². The number of hydrogen-bond donors (Lipinski definition) is 2. The molecule has 0 unspecified atom stereocenters. The minimum Gasteiger partial charge on any atom is -0.478 e. The lowest BCUT2D eigenvalue weighted by Gasteiger charge is -2.07. The van der Waals surface area contributed by atoms with E-state index < -0.39 is 5.97 Å². The van der Waals surface area contributed by atoms with Crippen molar-refractivity contribution < 1.29 is 15.0 Å². The highest BCUT2D eigenvalue weighted by Crippen LogP contribution is 2.25. The van der Waals surface area contributed by atoms with Gasteiger partial charge in [-0.2, -0.15) is 11.8 Å². The third-order valence-electron chi connectivity index (χ3n) is 2.93. The summed E-state index contributed by atoms with van der Waals surface area (Å²) in [6.45, 7) is 0.189. The van der Waals surface area contributed by atoms with E-state index in [-0.39, 0.29) is 6.61 Å². The van der Waals surface area contributed by atoms with Crippen LogP contribution in [0.15, 0.2) is 48.5 Å². The van der Waals surface area contributed by atoms with Gasteiger partial charge in [0.15, 0.2) is 0 Å². The van der Waals surface area contributed by atoms with E-state index >= 15 is 0 Å². The standard InChI is InChI=1S/C16H16O3S/c17-9-10-20-11-12-5-7-13(8-6-12)14-3-1-2-4-15(14)16(18)19/h1-8,17H,9-11H2,(H,18,19). The Kier molecular flexibility index (Phi) is 5.21. The Labute approximate surface area is 122 Å². The molecular formula is C16H16O3S. The largest absolute Gasteiger partial charge is 0.478 e. The van der Waals surface area contributed by atoms with Crippen LogP contribution in [-0.2, 0) is 5.75 Å². The maximum atomic E-state index is 11.2. The molecule has 0 aliphatic rings. The van der Waals surface area contributed by atoms with Crippen molar-refractivity contribution in [1.82, 2.24) is 0 Å². The average Bonchev–Trinajstić information content (AvgIpc) is 2.48. The first-order chi connectivity index (χ1) is 9.72. The summed E-state index contributed by atoms with van der Waals surface area (Å²) in [4.78, 5) is 11.2. The highest BCUT2D eigenvalue weighted by Gasteiger charge is 2.10. The molecule has 0 saturated carbocycles. The summed E-state index contributed by atoms with van der Waals surface area (Å²) in [5.41, 5.74) is 3.11. The molecule has 0 spiro atoms. The second-order valence-electron chi connectivity index (χ2n) is 4.32. The molecule has 0 atom stereocenters. The lowest BCUT2D eigenvalue weighted by molar-refractivity contribution is 0.0697. The summed E-state index contributed by atoms with van der Waals surface area (Å²) in [7, 11) is 0. The quantitative estimate of drug-likeness (QED) is 0.801. The minimum absolute atomic E-state index is 0.189. The molecule has 0 fully saturated rings. The van der Waals surface area contributed by atoms with E-state index in [1.54, 1.807) is 23.9 Å². The fourth-order valence-electron chi connectivity index (χ4n) is 1.96. The molecule has 3 nitrogen and oxygen atoms in total. The van der Waals surface area contributed by atoms with Crippen LogP contribution in [0.2, 0.25) is 0 Å². The Bertz CT molecular complexity index is 579. The highest BCUT2D eigenvalue weighted by atomic mass is 32.2. The molecule has 0 aromatic heterocycles. The second kappa shape index (κ2) is 7.12. The van der Waals surface area contributed by atoms with Crippen LogP contribution in [0.3, 0.4) is 0 Å². The number of carboxylic acid groups (broad SMARTS) is 1. The molecule has 2 aromatic rings. The maximum Gasteiger partial charge on any atom is 0.336 e. The lowest BCUT2D eigenvalue weighted by atomic mass is 9.99. The van der Waals surface area contributed by atoms with Gasteiger partial charge in [0.05, 0.1) is 12.2 Å². The summed E-state index contributed by atoms with van der Waals surface area (Å²) < 4.78 is 0. The number of carboxylic acids is 1. The van der Waals surface area contributed by atoms with Crippen molar-refractivity contribution >= 4 is 17.7 Å². The summed E-state index contributed by atoms with van der Waals surface area (Å²) in [5.74, 6) is 0.661.